The second-order valence-corrected chi connectivity index (χ2v) is 4.75. The SMILES string of the molecule is CNCCN(C)c1nc(C)cn1CC(C)C. The number of nitrogens with one attached hydrogen (secondary N) is 1. The van der Waals surface area contributed by atoms with E-state index in [-0.39, 0.29) is 0 Å². The summed E-state index contributed by atoms with van der Waals surface area (Å²) in [5.41, 5.74) is 1.09. The molecule has 0 aromatic carbocycles. The van der Waals surface area contributed by atoms with Crippen LogP contribution >= 0.6 is 0 Å². The third kappa shape index (κ3) is 3.52. The largest absolute Gasteiger partial charge is 0.344 e. The fourth-order valence-corrected chi connectivity index (χ4v) is 1.75. The van der Waals surface area contributed by atoms with Crippen LogP contribution in [0.1, 0.15) is 19.5 Å². The molecule has 0 atom stereocenters. The number of anilines is 1. The van der Waals surface area contributed by atoms with Crippen molar-refractivity contribution in [1.82, 2.24) is 14.9 Å². The fraction of sp³-hybridized carbons (Fsp3) is 0.750. The maximum Gasteiger partial charge on any atom is 0.205 e. The van der Waals surface area contributed by atoms with Crippen LogP contribution in [0.3, 0.4) is 0 Å². The van der Waals surface area contributed by atoms with Gasteiger partial charge in [0.2, 0.25) is 5.95 Å². The Kier molecular flexibility index (Phi) is 4.80. The molecule has 0 bridgehead atoms. The molecule has 1 aromatic rings. The molecule has 0 spiro atoms. The van der Waals surface area contributed by atoms with Crippen LogP contribution in [0, 0.1) is 12.8 Å². The minimum atomic E-state index is 0.644. The van der Waals surface area contributed by atoms with Crippen LogP contribution in [0.25, 0.3) is 0 Å². The molecule has 1 N–H and O–H groups in total. The maximum atomic E-state index is 4.58. The van der Waals surface area contributed by atoms with E-state index in [0.717, 1.165) is 31.3 Å². The Bertz CT molecular complexity index is 317. The first-order chi connectivity index (χ1) is 7.54. The molecule has 0 aliphatic carbocycles. The Morgan fingerprint density at radius 2 is 2.19 bits per heavy atom. The summed E-state index contributed by atoms with van der Waals surface area (Å²) in [5, 5.41) is 3.16. The summed E-state index contributed by atoms with van der Waals surface area (Å²) in [6.07, 6.45) is 2.13. The number of likely N-dealkylation sites (N-methyl/N-ethyl adjacent to an activating group) is 2. The van der Waals surface area contributed by atoms with Crippen molar-refractivity contribution >= 4 is 5.95 Å². The van der Waals surface area contributed by atoms with Crippen LogP contribution in [-0.2, 0) is 6.54 Å². The lowest BCUT2D eigenvalue weighted by Gasteiger charge is -2.20. The van der Waals surface area contributed by atoms with Gasteiger partial charge in [0.25, 0.3) is 0 Å². The summed E-state index contributed by atoms with van der Waals surface area (Å²) < 4.78 is 2.25. The zero-order chi connectivity index (χ0) is 12.1. The van der Waals surface area contributed by atoms with Crippen LogP contribution in [0.4, 0.5) is 5.95 Å². The maximum absolute atomic E-state index is 4.58. The molecule has 0 radical (unpaired) electrons. The van der Waals surface area contributed by atoms with Gasteiger partial charge in [-0.15, -0.1) is 0 Å². The molecule has 1 heterocycles. The highest BCUT2D eigenvalue weighted by atomic mass is 15.3. The van der Waals surface area contributed by atoms with Gasteiger partial charge in [0, 0.05) is 32.9 Å². The fourth-order valence-electron chi connectivity index (χ4n) is 1.75. The summed E-state index contributed by atoms with van der Waals surface area (Å²) in [4.78, 5) is 6.78. The van der Waals surface area contributed by atoms with Crippen molar-refractivity contribution in [2.45, 2.75) is 27.3 Å². The Morgan fingerprint density at radius 3 is 2.75 bits per heavy atom. The highest BCUT2D eigenvalue weighted by Gasteiger charge is 2.10. The molecule has 1 aromatic heterocycles. The lowest BCUT2D eigenvalue weighted by molar-refractivity contribution is 0.520. The number of aromatic nitrogens is 2. The average Bonchev–Trinajstić information content (AvgIpc) is 2.55. The Balaban J connectivity index is 2.76. The van der Waals surface area contributed by atoms with Gasteiger partial charge in [0.15, 0.2) is 0 Å². The van der Waals surface area contributed by atoms with E-state index in [1.807, 2.05) is 14.0 Å². The molecule has 16 heavy (non-hydrogen) atoms. The van der Waals surface area contributed by atoms with Gasteiger partial charge in [-0.3, -0.25) is 0 Å². The first kappa shape index (κ1) is 13.0. The number of imidazole rings is 1. The van der Waals surface area contributed by atoms with E-state index in [9.17, 15) is 0 Å². The highest BCUT2D eigenvalue weighted by Crippen LogP contribution is 2.14. The third-order valence-corrected chi connectivity index (χ3v) is 2.48. The molecule has 0 unspecified atom stereocenters. The molecule has 4 nitrogen and oxygen atoms in total. The summed E-state index contributed by atoms with van der Waals surface area (Å²) in [7, 11) is 4.07. The standard InChI is InChI=1S/C12H24N4/c1-10(2)8-16-9-11(3)14-12(16)15(5)7-6-13-4/h9-10,13H,6-8H2,1-5H3. The predicted octanol–water partition coefficient (Wildman–Crippen LogP) is 1.50. The third-order valence-electron chi connectivity index (χ3n) is 2.48. The molecular formula is C12H24N4. The number of nitrogens with zero attached hydrogens (tertiary/aromatic N) is 3. The van der Waals surface area contributed by atoms with E-state index in [1.165, 1.54) is 0 Å². The first-order valence-corrected chi connectivity index (χ1v) is 5.94. The number of hydrogen-bond acceptors (Lipinski definition) is 3. The average molecular weight is 224 g/mol. The molecule has 1 rings (SSSR count). The van der Waals surface area contributed by atoms with E-state index in [0.29, 0.717) is 5.92 Å². The molecule has 0 aliphatic rings. The molecule has 0 aliphatic heterocycles. The minimum absolute atomic E-state index is 0.644. The quantitative estimate of drug-likeness (QED) is 0.795. The van der Waals surface area contributed by atoms with E-state index in [1.54, 1.807) is 0 Å². The van der Waals surface area contributed by atoms with Crippen molar-refractivity contribution in [3.05, 3.63) is 11.9 Å². The molecule has 4 heteroatoms. The molecule has 0 saturated heterocycles. The number of rotatable bonds is 6. The van der Waals surface area contributed by atoms with Crippen molar-refractivity contribution in [2.75, 3.05) is 32.1 Å². The normalized spacial score (nSPS) is 11.1. The molecular weight excluding hydrogens is 200 g/mol. The van der Waals surface area contributed by atoms with Crippen molar-refractivity contribution in [2.24, 2.45) is 5.92 Å². The van der Waals surface area contributed by atoms with Crippen LogP contribution in [0.2, 0.25) is 0 Å². The van der Waals surface area contributed by atoms with Gasteiger partial charge in [-0.2, -0.15) is 0 Å². The van der Waals surface area contributed by atoms with Crippen LogP contribution in [0.15, 0.2) is 6.20 Å². The monoisotopic (exact) mass is 224 g/mol. The zero-order valence-electron chi connectivity index (χ0n) is 11.1. The van der Waals surface area contributed by atoms with E-state index in [4.69, 9.17) is 0 Å². The van der Waals surface area contributed by atoms with Crippen molar-refractivity contribution < 1.29 is 0 Å². The van der Waals surface area contributed by atoms with Gasteiger partial charge in [-0.05, 0) is 19.9 Å². The Hall–Kier alpha value is -1.03. The topological polar surface area (TPSA) is 33.1 Å². The van der Waals surface area contributed by atoms with Gasteiger partial charge in [-0.25, -0.2) is 4.98 Å². The van der Waals surface area contributed by atoms with E-state index < -0.39 is 0 Å². The zero-order valence-corrected chi connectivity index (χ0v) is 11.1. The Labute approximate surface area is 98.7 Å². The lowest BCUT2D eigenvalue weighted by atomic mass is 10.2. The summed E-state index contributed by atoms with van der Waals surface area (Å²) in [6, 6.07) is 0. The second-order valence-electron chi connectivity index (χ2n) is 4.75. The smallest absolute Gasteiger partial charge is 0.205 e. The van der Waals surface area contributed by atoms with E-state index >= 15 is 0 Å². The van der Waals surface area contributed by atoms with E-state index in [2.05, 4.69) is 46.9 Å². The van der Waals surface area contributed by atoms with Crippen LogP contribution in [-0.4, -0.2) is 36.7 Å². The summed E-state index contributed by atoms with van der Waals surface area (Å²) >= 11 is 0. The highest BCUT2D eigenvalue weighted by molar-refractivity contribution is 5.32. The van der Waals surface area contributed by atoms with Gasteiger partial charge in [0.05, 0.1) is 5.69 Å². The van der Waals surface area contributed by atoms with Gasteiger partial charge < -0.3 is 14.8 Å². The van der Waals surface area contributed by atoms with Crippen LogP contribution < -0.4 is 10.2 Å². The van der Waals surface area contributed by atoms with Crippen molar-refractivity contribution in [1.29, 1.82) is 0 Å². The predicted molar refractivity (Wildman–Crippen MR) is 69.0 cm³/mol. The summed E-state index contributed by atoms with van der Waals surface area (Å²) in [6.45, 7) is 9.49. The molecule has 0 saturated carbocycles. The van der Waals surface area contributed by atoms with Crippen molar-refractivity contribution in [3.8, 4) is 0 Å². The van der Waals surface area contributed by atoms with Crippen molar-refractivity contribution in [3.63, 3.8) is 0 Å². The lowest BCUT2D eigenvalue weighted by Crippen LogP contribution is -2.29. The molecule has 0 amide bonds. The van der Waals surface area contributed by atoms with Crippen LogP contribution in [0.5, 0.6) is 0 Å². The first-order valence-electron chi connectivity index (χ1n) is 5.94. The van der Waals surface area contributed by atoms with Gasteiger partial charge in [-0.1, -0.05) is 13.8 Å². The number of hydrogen-bond donors (Lipinski definition) is 1. The molecule has 0 fully saturated rings. The Morgan fingerprint density at radius 1 is 1.50 bits per heavy atom. The minimum Gasteiger partial charge on any atom is -0.344 e. The number of aryl methyl sites for hydroxylation is 1. The molecule has 92 valence electrons. The van der Waals surface area contributed by atoms with Gasteiger partial charge >= 0.3 is 0 Å². The van der Waals surface area contributed by atoms with Gasteiger partial charge in [0.1, 0.15) is 0 Å². The summed E-state index contributed by atoms with van der Waals surface area (Å²) in [5.74, 6) is 1.71. The second kappa shape index (κ2) is 5.89.